The standard InChI is InChI=1S/C24H25O2P/c1-19(2)18-23(24(25)20-12-6-3-7-13-20)27(26,21-14-8-4-9-15-21)22-16-10-5-11-17-22/h3-17,19,23H,18H2,1-2H3. The Balaban J connectivity index is 2.20. The zero-order valence-electron chi connectivity index (χ0n) is 15.8. The molecule has 0 saturated carbocycles. The van der Waals surface area contributed by atoms with Crippen molar-refractivity contribution >= 4 is 23.5 Å². The third kappa shape index (κ3) is 4.12. The van der Waals surface area contributed by atoms with Gasteiger partial charge in [0.1, 0.15) is 0 Å². The van der Waals surface area contributed by atoms with E-state index < -0.39 is 12.8 Å². The Kier molecular flexibility index (Phi) is 6.08. The van der Waals surface area contributed by atoms with Gasteiger partial charge in [0, 0.05) is 16.2 Å². The van der Waals surface area contributed by atoms with Gasteiger partial charge in [0.2, 0.25) is 0 Å². The van der Waals surface area contributed by atoms with E-state index in [0.717, 1.165) is 10.6 Å². The molecule has 3 heteroatoms. The van der Waals surface area contributed by atoms with Crippen molar-refractivity contribution in [3.8, 4) is 0 Å². The SMILES string of the molecule is CC(C)CC(C(=O)c1ccccc1)P(=O)(c1ccccc1)c1ccccc1. The van der Waals surface area contributed by atoms with Gasteiger partial charge < -0.3 is 4.57 Å². The first-order chi connectivity index (χ1) is 13.0. The van der Waals surface area contributed by atoms with Gasteiger partial charge in [0.25, 0.3) is 0 Å². The minimum atomic E-state index is -3.16. The van der Waals surface area contributed by atoms with E-state index in [1.807, 2.05) is 91.0 Å². The van der Waals surface area contributed by atoms with Crippen LogP contribution in [-0.4, -0.2) is 11.4 Å². The highest BCUT2D eigenvalue weighted by Crippen LogP contribution is 2.51. The van der Waals surface area contributed by atoms with E-state index in [-0.39, 0.29) is 11.7 Å². The number of hydrogen-bond donors (Lipinski definition) is 0. The molecule has 3 aromatic carbocycles. The average molecular weight is 376 g/mol. The van der Waals surface area contributed by atoms with E-state index in [1.54, 1.807) is 0 Å². The second kappa shape index (κ2) is 8.50. The zero-order chi connectivity index (χ0) is 19.3. The predicted octanol–water partition coefficient (Wildman–Crippen LogP) is 5.30. The smallest absolute Gasteiger partial charge is 0.173 e. The lowest BCUT2D eigenvalue weighted by atomic mass is 10.0. The molecule has 27 heavy (non-hydrogen) atoms. The lowest BCUT2D eigenvalue weighted by Crippen LogP contribution is -2.33. The minimum Gasteiger partial charge on any atom is -0.313 e. The van der Waals surface area contributed by atoms with Crippen molar-refractivity contribution in [2.75, 3.05) is 0 Å². The predicted molar refractivity (Wildman–Crippen MR) is 114 cm³/mol. The third-order valence-electron chi connectivity index (χ3n) is 4.77. The molecule has 2 nitrogen and oxygen atoms in total. The molecule has 0 radical (unpaired) electrons. The van der Waals surface area contributed by atoms with E-state index in [0.29, 0.717) is 12.0 Å². The van der Waals surface area contributed by atoms with Gasteiger partial charge in [-0.2, -0.15) is 0 Å². The lowest BCUT2D eigenvalue weighted by molar-refractivity contribution is 0.0979. The maximum absolute atomic E-state index is 14.6. The highest BCUT2D eigenvalue weighted by atomic mass is 31.2. The fraction of sp³-hybridized carbons (Fsp3) is 0.208. The van der Waals surface area contributed by atoms with E-state index in [4.69, 9.17) is 0 Å². The van der Waals surface area contributed by atoms with E-state index in [1.165, 1.54) is 0 Å². The highest BCUT2D eigenvalue weighted by Gasteiger charge is 2.41. The van der Waals surface area contributed by atoms with Crippen LogP contribution >= 0.6 is 7.14 Å². The number of carbonyl (C=O) groups is 1. The van der Waals surface area contributed by atoms with Crippen LogP contribution in [-0.2, 0) is 4.57 Å². The molecule has 0 spiro atoms. The lowest BCUT2D eigenvalue weighted by Gasteiger charge is -2.29. The van der Waals surface area contributed by atoms with Crippen molar-refractivity contribution < 1.29 is 9.36 Å². The Morgan fingerprint density at radius 1 is 0.741 bits per heavy atom. The van der Waals surface area contributed by atoms with Gasteiger partial charge in [0.15, 0.2) is 12.9 Å². The Morgan fingerprint density at radius 2 is 1.15 bits per heavy atom. The molecule has 0 N–H and O–H groups in total. The summed E-state index contributed by atoms with van der Waals surface area (Å²) >= 11 is 0. The van der Waals surface area contributed by atoms with Gasteiger partial charge in [-0.15, -0.1) is 0 Å². The summed E-state index contributed by atoms with van der Waals surface area (Å²) in [5.41, 5.74) is 0.0416. The second-order valence-corrected chi connectivity index (χ2v) is 10.2. The van der Waals surface area contributed by atoms with Crippen LogP contribution in [0.25, 0.3) is 0 Å². The van der Waals surface area contributed by atoms with E-state index in [9.17, 15) is 9.36 Å². The van der Waals surface area contributed by atoms with Crippen molar-refractivity contribution in [3.05, 3.63) is 96.6 Å². The molecule has 1 atom stereocenters. The summed E-state index contributed by atoms with van der Waals surface area (Å²) in [6.07, 6.45) is 0.578. The van der Waals surface area contributed by atoms with Gasteiger partial charge in [-0.1, -0.05) is 105 Å². The molecule has 0 aliphatic rings. The first-order valence-electron chi connectivity index (χ1n) is 9.33. The van der Waals surface area contributed by atoms with Crippen molar-refractivity contribution in [1.29, 1.82) is 0 Å². The molecular formula is C24H25O2P. The summed E-state index contributed by atoms with van der Waals surface area (Å²) in [5.74, 6) is 0.212. The van der Waals surface area contributed by atoms with E-state index in [2.05, 4.69) is 13.8 Å². The molecule has 0 saturated heterocycles. The first-order valence-corrected chi connectivity index (χ1v) is 11.1. The van der Waals surface area contributed by atoms with Crippen molar-refractivity contribution in [2.24, 2.45) is 5.92 Å². The Morgan fingerprint density at radius 3 is 1.56 bits per heavy atom. The molecule has 0 aliphatic carbocycles. The van der Waals surface area contributed by atoms with Gasteiger partial charge >= 0.3 is 0 Å². The molecular weight excluding hydrogens is 351 g/mol. The molecule has 0 aliphatic heterocycles. The highest BCUT2D eigenvalue weighted by molar-refractivity contribution is 7.80. The fourth-order valence-electron chi connectivity index (χ4n) is 3.47. The Hall–Kier alpha value is -2.44. The summed E-state index contributed by atoms with van der Waals surface area (Å²) in [6, 6.07) is 28.2. The molecule has 1 unspecified atom stereocenters. The quantitative estimate of drug-likeness (QED) is 0.414. The first kappa shape index (κ1) is 19.3. The second-order valence-electron chi connectivity index (χ2n) is 7.20. The largest absolute Gasteiger partial charge is 0.313 e. The van der Waals surface area contributed by atoms with Gasteiger partial charge in [-0.3, -0.25) is 4.79 Å². The summed E-state index contributed by atoms with van der Waals surface area (Å²) in [6.45, 7) is 4.15. The zero-order valence-corrected chi connectivity index (χ0v) is 16.7. The Labute approximate surface area is 161 Å². The minimum absolute atomic E-state index is 0.0414. The van der Waals surface area contributed by atoms with Crippen LogP contribution in [0, 0.1) is 5.92 Å². The number of rotatable bonds is 7. The summed E-state index contributed by atoms with van der Waals surface area (Å²) < 4.78 is 14.6. The van der Waals surface area contributed by atoms with Gasteiger partial charge in [0.05, 0.1) is 5.66 Å². The fourth-order valence-corrected chi connectivity index (χ4v) is 6.92. The number of hydrogen-bond acceptors (Lipinski definition) is 2. The van der Waals surface area contributed by atoms with Crippen molar-refractivity contribution in [2.45, 2.75) is 25.9 Å². The van der Waals surface area contributed by atoms with Crippen LogP contribution in [0.5, 0.6) is 0 Å². The van der Waals surface area contributed by atoms with Crippen LogP contribution in [0.1, 0.15) is 30.6 Å². The molecule has 138 valence electrons. The van der Waals surface area contributed by atoms with Crippen molar-refractivity contribution in [1.82, 2.24) is 0 Å². The van der Waals surface area contributed by atoms with Gasteiger partial charge in [-0.25, -0.2) is 0 Å². The average Bonchev–Trinajstić information content (AvgIpc) is 2.73. The molecule has 3 aromatic rings. The molecule has 3 rings (SSSR count). The molecule has 0 aromatic heterocycles. The van der Waals surface area contributed by atoms with Crippen LogP contribution in [0.3, 0.4) is 0 Å². The normalized spacial score (nSPS) is 12.7. The number of ketones is 1. The van der Waals surface area contributed by atoms with Crippen LogP contribution in [0.2, 0.25) is 0 Å². The molecule has 0 bridgehead atoms. The molecule has 0 heterocycles. The maximum atomic E-state index is 14.6. The Bertz CT molecular complexity index is 875. The summed E-state index contributed by atoms with van der Waals surface area (Å²) in [7, 11) is -3.16. The topological polar surface area (TPSA) is 34.1 Å². The van der Waals surface area contributed by atoms with Crippen LogP contribution in [0.4, 0.5) is 0 Å². The third-order valence-corrected chi connectivity index (χ3v) is 8.23. The monoisotopic (exact) mass is 376 g/mol. The summed E-state index contributed by atoms with van der Waals surface area (Å²) in [5, 5.41) is 1.48. The summed E-state index contributed by atoms with van der Waals surface area (Å²) in [4.78, 5) is 13.5. The number of Topliss-reactive ketones (excluding diaryl/α,β-unsaturated/α-hetero) is 1. The number of benzene rings is 3. The molecule has 0 amide bonds. The van der Waals surface area contributed by atoms with Crippen LogP contribution < -0.4 is 10.6 Å². The van der Waals surface area contributed by atoms with Crippen LogP contribution in [0.15, 0.2) is 91.0 Å². The van der Waals surface area contributed by atoms with Crippen molar-refractivity contribution in [3.63, 3.8) is 0 Å². The maximum Gasteiger partial charge on any atom is 0.173 e. The molecule has 0 fully saturated rings. The van der Waals surface area contributed by atoms with Gasteiger partial charge in [-0.05, 0) is 12.3 Å². The number of carbonyl (C=O) groups excluding carboxylic acids is 1. The van der Waals surface area contributed by atoms with E-state index >= 15 is 0 Å².